The van der Waals surface area contributed by atoms with Crippen LogP contribution in [0.2, 0.25) is 0 Å². The first-order chi connectivity index (χ1) is 6.99. The third-order valence-corrected chi connectivity index (χ3v) is 4.55. The zero-order valence-electron chi connectivity index (χ0n) is 10.9. The molecule has 1 heteroatoms. The molecule has 88 valence electrons. The van der Waals surface area contributed by atoms with E-state index in [1.807, 2.05) is 0 Å². The van der Waals surface area contributed by atoms with Crippen molar-refractivity contribution in [1.29, 1.82) is 0 Å². The van der Waals surface area contributed by atoms with Crippen LogP contribution < -0.4 is 0 Å². The topological polar surface area (TPSA) is 3.24 Å². The van der Waals surface area contributed by atoms with Crippen LogP contribution in [0.1, 0.15) is 53.4 Å². The van der Waals surface area contributed by atoms with Gasteiger partial charge in [0, 0.05) is 12.6 Å². The highest BCUT2D eigenvalue weighted by Crippen LogP contribution is 2.40. The van der Waals surface area contributed by atoms with Gasteiger partial charge in [-0.05, 0) is 49.5 Å². The van der Waals surface area contributed by atoms with Gasteiger partial charge >= 0.3 is 0 Å². The normalized spacial score (nSPS) is 36.6. The van der Waals surface area contributed by atoms with Gasteiger partial charge in [0.05, 0.1) is 0 Å². The van der Waals surface area contributed by atoms with Gasteiger partial charge in [0.1, 0.15) is 0 Å². The van der Waals surface area contributed by atoms with Gasteiger partial charge in [-0.1, -0.05) is 27.7 Å². The van der Waals surface area contributed by atoms with Crippen molar-refractivity contribution in [3.63, 3.8) is 0 Å². The fraction of sp³-hybridized carbons (Fsp3) is 1.00. The highest BCUT2D eigenvalue weighted by atomic mass is 15.2. The van der Waals surface area contributed by atoms with E-state index in [1.54, 1.807) is 0 Å². The van der Waals surface area contributed by atoms with Gasteiger partial charge in [0.2, 0.25) is 0 Å². The van der Waals surface area contributed by atoms with Gasteiger partial charge < -0.3 is 0 Å². The van der Waals surface area contributed by atoms with Crippen LogP contribution in [-0.4, -0.2) is 24.0 Å². The zero-order chi connectivity index (χ0) is 11.1. The fourth-order valence-corrected chi connectivity index (χ4v) is 3.69. The Kier molecular flexibility index (Phi) is 3.12. The Balaban J connectivity index is 2.15. The molecule has 0 spiro atoms. The molecule has 2 aliphatic rings. The summed E-state index contributed by atoms with van der Waals surface area (Å²) in [5.41, 5.74) is 0.548. The Bertz CT molecular complexity index is 219. The molecule has 2 unspecified atom stereocenters. The Morgan fingerprint density at radius 2 is 1.93 bits per heavy atom. The van der Waals surface area contributed by atoms with Gasteiger partial charge in [-0.25, -0.2) is 0 Å². The summed E-state index contributed by atoms with van der Waals surface area (Å²) in [6.45, 7) is 12.4. The van der Waals surface area contributed by atoms with Crippen LogP contribution in [0.25, 0.3) is 0 Å². The molecule has 0 aliphatic carbocycles. The lowest BCUT2D eigenvalue weighted by atomic mass is 9.80. The molecule has 1 nitrogen and oxygen atoms in total. The number of hydrogen-bond acceptors (Lipinski definition) is 1. The second kappa shape index (κ2) is 4.08. The molecule has 2 aliphatic heterocycles. The van der Waals surface area contributed by atoms with Crippen molar-refractivity contribution in [2.75, 3.05) is 13.1 Å². The van der Waals surface area contributed by atoms with Crippen LogP contribution in [0, 0.1) is 17.3 Å². The first kappa shape index (κ1) is 11.4. The second-order valence-electron chi connectivity index (χ2n) is 6.79. The monoisotopic (exact) mass is 209 g/mol. The molecule has 2 fully saturated rings. The summed E-state index contributed by atoms with van der Waals surface area (Å²) in [5, 5.41) is 0. The molecular weight excluding hydrogens is 182 g/mol. The van der Waals surface area contributed by atoms with E-state index in [0.717, 1.165) is 17.9 Å². The Morgan fingerprint density at radius 3 is 2.60 bits per heavy atom. The van der Waals surface area contributed by atoms with Gasteiger partial charge in [0.15, 0.2) is 0 Å². The molecule has 0 N–H and O–H groups in total. The number of hydrogen-bond donors (Lipinski definition) is 0. The highest BCUT2D eigenvalue weighted by molar-refractivity contribution is 4.92. The highest BCUT2D eigenvalue weighted by Gasteiger charge is 2.39. The molecule has 0 aromatic heterocycles. The van der Waals surface area contributed by atoms with Gasteiger partial charge in [-0.2, -0.15) is 0 Å². The summed E-state index contributed by atoms with van der Waals surface area (Å²) in [6.07, 6.45) is 5.76. The first-order valence-electron chi connectivity index (χ1n) is 6.74. The molecule has 0 radical (unpaired) electrons. The molecule has 0 aromatic rings. The number of fused-ring (bicyclic) bond motifs is 1. The Morgan fingerprint density at radius 1 is 1.20 bits per heavy atom. The second-order valence-corrected chi connectivity index (χ2v) is 6.79. The summed E-state index contributed by atoms with van der Waals surface area (Å²) < 4.78 is 0. The van der Waals surface area contributed by atoms with E-state index in [4.69, 9.17) is 0 Å². The lowest BCUT2D eigenvalue weighted by Gasteiger charge is -2.32. The molecular formula is C14H27N. The summed E-state index contributed by atoms with van der Waals surface area (Å²) in [7, 11) is 0. The predicted molar refractivity (Wildman–Crippen MR) is 65.9 cm³/mol. The molecule has 0 saturated carbocycles. The minimum absolute atomic E-state index is 0.548. The lowest BCUT2D eigenvalue weighted by Crippen LogP contribution is -2.39. The number of nitrogens with zero attached hydrogens (tertiary/aromatic N) is 1. The maximum absolute atomic E-state index is 2.79. The minimum Gasteiger partial charge on any atom is -0.300 e. The average Bonchev–Trinajstić information content (AvgIpc) is 2.47. The van der Waals surface area contributed by atoms with Crippen molar-refractivity contribution in [3.05, 3.63) is 0 Å². The van der Waals surface area contributed by atoms with E-state index in [9.17, 15) is 0 Å². The quantitative estimate of drug-likeness (QED) is 0.638. The van der Waals surface area contributed by atoms with Crippen molar-refractivity contribution >= 4 is 0 Å². The van der Waals surface area contributed by atoms with Gasteiger partial charge in [0.25, 0.3) is 0 Å². The van der Waals surface area contributed by atoms with E-state index < -0.39 is 0 Å². The fourth-order valence-electron chi connectivity index (χ4n) is 3.69. The first-order valence-corrected chi connectivity index (χ1v) is 6.74. The van der Waals surface area contributed by atoms with E-state index >= 15 is 0 Å². The third-order valence-electron chi connectivity index (χ3n) is 4.55. The average molecular weight is 209 g/mol. The van der Waals surface area contributed by atoms with E-state index in [1.165, 1.54) is 38.8 Å². The molecule has 2 rings (SSSR count). The smallest absolute Gasteiger partial charge is 0.0127 e. The maximum atomic E-state index is 2.79. The molecule has 2 saturated heterocycles. The molecule has 2 atom stereocenters. The maximum Gasteiger partial charge on any atom is 0.0127 e. The Hall–Kier alpha value is -0.0400. The molecule has 0 amide bonds. The predicted octanol–water partition coefficient (Wildman–Crippen LogP) is 3.54. The summed E-state index contributed by atoms with van der Waals surface area (Å²) in [6, 6.07) is 0.909. The van der Waals surface area contributed by atoms with E-state index in [0.29, 0.717) is 5.41 Å². The summed E-state index contributed by atoms with van der Waals surface area (Å²) in [4.78, 5) is 2.79. The SMILES string of the molecule is CC(C)C1CCC(C)(C)CN2CCCC12. The standard InChI is InChI=1S/C14H27N/c1-11(2)12-7-8-14(3,4)10-15-9-5-6-13(12)15/h11-13H,5-10H2,1-4H3. The van der Waals surface area contributed by atoms with Crippen LogP contribution in [0.3, 0.4) is 0 Å². The largest absolute Gasteiger partial charge is 0.300 e. The van der Waals surface area contributed by atoms with Crippen LogP contribution >= 0.6 is 0 Å². The van der Waals surface area contributed by atoms with Crippen LogP contribution in [0.15, 0.2) is 0 Å². The van der Waals surface area contributed by atoms with Crippen LogP contribution in [0.4, 0.5) is 0 Å². The van der Waals surface area contributed by atoms with Crippen molar-refractivity contribution in [3.8, 4) is 0 Å². The van der Waals surface area contributed by atoms with E-state index in [-0.39, 0.29) is 0 Å². The Labute approximate surface area is 95.2 Å². The summed E-state index contributed by atoms with van der Waals surface area (Å²) in [5.74, 6) is 1.82. The van der Waals surface area contributed by atoms with Crippen molar-refractivity contribution in [2.45, 2.75) is 59.4 Å². The molecule has 15 heavy (non-hydrogen) atoms. The number of rotatable bonds is 1. The van der Waals surface area contributed by atoms with Crippen molar-refractivity contribution in [2.24, 2.45) is 17.3 Å². The minimum atomic E-state index is 0.548. The lowest BCUT2D eigenvalue weighted by molar-refractivity contribution is 0.149. The van der Waals surface area contributed by atoms with E-state index in [2.05, 4.69) is 32.6 Å². The van der Waals surface area contributed by atoms with Crippen LogP contribution in [-0.2, 0) is 0 Å². The van der Waals surface area contributed by atoms with Crippen molar-refractivity contribution in [1.82, 2.24) is 4.90 Å². The molecule has 2 heterocycles. The zero-order valence-corrected chi connectivity index (χ0v) is 10.9. The molecule has 0 bridgehead atoms. The third kappa shape index (κ3) is 2.38. The van der Waals surface area contributed by atoms with Gasteiger partial charge in [-0.3, -0.25) is 4.90 Å². The summed E-state index contributed by atoms with van der Waals surface area (Å²) >= 11 is 0. The van der Waals surface area contributed by atoms with Crippen molar-refractivity contribution < 1.29 is 0 Å². The molecule has 0 aromatic carbocycles. The van der Waals surface area contributed by atoms with Gasteiger partial charge in [-0.15, -0.1) is 0 Å². The van der Waals surface area contributed by atoms with Crippen LogP contribution in [0.5, 0.6) is 0 Å².